The molecule has 0 aliphatic heterocycles. The summed E-state index contributed by atoms with van der Waals surface area (Å²) >= 11 is 5.80. The Bertz CT molecular complexity index is 495. The fourth-order valence-corrected chi connectivity index (χ4v) is 1.43. The minimum Gasteiger partial charge on any atom is -0.347 e. The zero-order chi connectivity index (χ0) is 14.4. The molecule has 0 unspecified atom stereocenters. The molecule has 102 valence electrons. The van der Waals surface area contributed by atoms with Gasteiger partial charge >= 0.3 is 0 Å². The van der Waals surface area contributed by atoms with Gasteiger partial charge in [-0.1, -0.05) is 17.7 Å². The Balaban J connectivity index is 2.62. The summed E-state index contributed by atoms with van der Waals surface area (Å²) in [5, 5.41) is 2.61. The SMILES string of the molecule is CN(C)C(=O)CNC(=O)/C=C/c1c(F)cccc1Cl. The van der Waals surface area contributed by atoms with E-state index in [2.05, 4.69) is 5.32 Å². The van der Waals surface area contributed by atoms with Gasteiger partial charge in [0.2, 0.25) is 11.8 Å². The Morgan fingerprint density at radius 2 is 2.11 bits per heavy atom. The summed E-state index contributed by atoms with van der Waals surface area (Å²) in [5.41, 5.74) is 0.137. The predicted molar refractivity (Wildman–Crippen MR) is 72.1 cm³/mol. The molecule has 19 heavy (non-hydrogen) atoms. The smallest absolute Gasteiger partial charge is 0.244 e. The van der Waals surface area contributed by atoms with Gasteiger partial charge in [-0.3, -0.25) is 9.59 Å². The van der Waals surface area contributed by atoms with Crippen LogP contribution < -0.4 is 5.32 Å². The number of amides is 2. The summed E-state index contributed by atoms with van der Waals surface area (Å²) < 4.78 is 13.4. The van der Waals surface area contributed by atoms with Crippen molar-refractivity contribution in [1.82, 2.24) is 10.2 Å². The van der Waals surface area contributed by atoms with Gasteiger partial charge in [0.05, 0.1) is 11.6 Å². The third-order valence-electron chi connectivity index (χ3n) is 2.31. The van der Waals surface area contributed by atoms with Crippen LogP contribution in [0.2, 0.25) is 5.02 Å². The lowest BCUT2D eigenvalue weighted by atomic mass is 10.2. The lowest BCUT2D eigenvalue weighted by molar-refractivity contribution is -0.129. The maximum absolute atomic E-state index is 13.4. The molecular weight excluding hydrogens is 271 g/mol. The van der Waals surface area contributed by atoms with Crippen LogP contribution in [0.1, 0.15) is 5.56 Å². The third-order valence-corrected chi connectivity index (χ3v) is 2.64. The van der Waals surface area contributed by atoms with Gasteiger partial charge in [0.1, 0.15) is 5.82 Å². The fraction of sp³-hybridized carbons (Fsp3) is 0.231. The van der Waals surface area contributed by atoms with E-state index in [1.165, 1.54) is 29.2 Å². The Morgan fingerprint density at radius 1 is 1.42 bits per heavy atom. The van der Waals surface area contributed by atoms with Crippen molar-refractivity contribution < 1.29 is 14.0 Å². The van der Waals surface area contributed by atoms with E-state index < -0.39 is 11.7 Å². The van der Waals surface area contributed by atoms with Gasteiger partial charge in [0, 0.05) is 25.7 Å². The van der Waals surface area contributed by atoms with Gasteiger partial charge in [-0.2, -0.15) is 0 Å². The van der Waals surface area contributed by atoms with Crippen LogP contribution in [0.15, 0.2) is 24.3 Å². The Morgan fingerprint density at radius 3 is 2.68 bits per heavy atom. The van der Waals surface area contributed by atoms with Crippen molar-refractivity contribution in [3.63, 3.8) is 0 Å². The van der Waals surface area contributed by atoms with Crippen molar-refractivity contribution in [2.45, 2.75) is 0 Å². The Labute approximate surface area is 115 Å². The maximum atomic E-state index is 13.4. The standard InChI is InChI=1S/C13H14ClFN2O2/c1-17(2)13(19)8-16-12(18)7-6-9-10(14)4-3-5-11(9)15/h3-7H,8H2,1-2H3,(H,16,18)/b7-6+. The summed E-state index contributed by atoms with van der Waals surface area (Å²) in [6.07, 6.45) is 2.40. The molecule has 0 heterocycles. The van der Waals surface area contributed by atoms with E-state index >= 15 is 0 Å². The van der Waals surface area contributed by atoms with E-state index in [4.69, 9.17) is 11.6 Å². The molecule has 0 atom stereocenters. The largest absolute Gasteiger partial charge is 0.347 e. The summed E-state index contributed by atoms with van der Waals surface area (Å²) in [4.78, 5) is 24.0. The maximum Gasteiger partial charge on any atom is 0.244 e. The highest BCUT2D eigenvalue weighted by Gasteiger charge is 2.06. The summed E-state index contributed by atoms with van der Waals surface area (Å²) in [6.45, 7) is -0.110. The molecule has 0 fully saturated rings. The Kier molecular flexibility index (Phi) is 5.51. The van der Waals surface area contributed by atoms with Crippen LogP contribution in [0.25, 0.3) is 6.08 Å². The average Bonchev–Trinajstić information content (AvgIpc) is 2.35. The van der Waals surface area contributed by atoms with Crippen LogP contribution >= 0.6 is 11.6 Å². The molecule has 6 heteroatoms. The molecule has 0 saturated carbocycles. The second-order valence-corrected chi connectivity index (χ2v) is 4.38. The molecule has 0 spiro atoms. The van der Waals surface area contributed by atoms with Crippen molar-refractivity contribution in [2.75, 3.05) is 20.6 Å². The van der Waals surface area contributed by atoms with Crippen molar-refractivity contribution >= 4 is 29.5 Å². The number of carbonyl (C=O) groups excluding carboxylic acids is 2. The van der Waals surface area contributed by atoms with E-state index in [0.29, 0.717) is 0 Å². The molecule has 0 aliphatic rings. The predicted octanol–water partition coefficient (Wildman–Crippen LogP) is 1.70. The molecule has 1 N–H and O–H groups in total. The molecule has 1 aromatic carbocycles. The molecule has 0 bridgehead atoms. The quantitative estimate of drug-likeness (QED) is 0.856. The minimum absolute atomic E-state index is 0.110. The highest BCUT2D eigenvalue weighted by molar-refractivity contribution is 6.32. The zero-order valence-corrected chi connectivity index (χ0v) is 11.4. The second-order valence-electron chi connectivity index (χ2n) is 3.97. The number of rotatable bonds is 4. The molecule has 0 aromatic heterocycles. The van der Waals surface area contributed by atoms with E-state index in [-0.39, 0.29) is 23.0 Å². The normalized spacial score (nSPS) is 10.5. The topological polar surface area (TPSA) is 49.4 Å². The van der Waals surface area contributed by atoms with E-state index in [1.807, 2.05) is 0 Å². The molecule has 1 rings (SSSR count). The number of nitrogens with one attached hydrogen (secondary N) is 1. The molecular formula is C13H14ClFN2O2. The Hall–Kier alpha value is -1.88. The first-order chi connectivity index (χ1) is 8.91. The monoisotopic (exact) mass is 284 g/mol. The number of nitrogens with zero attached hydrogens (tertiary/aromatic N) is 1. The first kappa shape index (κ1) is 15.2. The van der Waals surface area contributed by atoms with Crippen LogP contribution in [0, 0.1) is 5.82 Å². The van der Waals surface area contributed by atoms with Crippen molar-refractivity contribution in [3.05, 3.63) is 40.7 Å². The lowest BCUT2D eigenvalue weighted by Crippen LogP contribution is -2.35. The molecule has 4 nitrogen and oxygen atoms in total. The number of likely N-dealkylation sites (N-methyl/N-ethyl adjacent to an activating group) is 1. The number of hydrogen-bond acceptors (Lipinski definition) is 2. The van der Waals surface area contributed by atoms with Crippen LogP contribution in [0.5, 0.6) is 0 Å². The zero-order valence-electron chi connectivity index (χ0n) is 10.6. The number of hydrogen-bond donors (Lipinski definition) is 1. The van der Waals surface area contributed by atoms with E-state index in [0.717, 1.165) is 6.08 Å². The van der Waals surface area contributed by atoms with Crippen LogP contribution in [-0.4, -0.2) is 37.4 Å². The molecule has 0 saturated heterocycles. The van der Waals surface area contributed by atoms with Gasteiger partial charge in [-0.05, 0) is 18.2 Å². The van der Waals surface area contributed by atoms with Crippen molar-refractivity contribution in [3.8, 4) is 0 Å². The molecule has 0 radical (unpaired) electrons. The fourth-order valence-electron chi connectivity index (χ4n) is 1.21. The summed E-state index contributed by atoms with van der Waals surface area (Å²) in [7, 11) is 3.17. The van der Waals surface area contributed by atoms with Crippen LogP contribution in [0.3, 0.4) is 0 Å². The highest BCUT2D eigenvalue weighted by atomic mass is 35.5. The first-order valence-electron chi connectivity index (χ1n) is 5.52. The van der Waals surface area contributed by atoms with E-state index in [9.17, 15) is 14.0 Å². The number of carbonyl (C=O) groups is 2. The average molecular weight is 285 g/mol. The second kappa shape index (κ2) is 6.89. The van der Waals surface area contributed by atoms with Gasteiger partial charge < -0.3 is 10.2 Å². The third kappa shape index (κ3) is 4.71. The van der Waals surface area contributed by atoms with Crippen LogP contribution in [0.4, 0.5) is 4.39 Å². The summed E-state index contributed by atoms with van der Waals surface area (Å²) in [6, 6.07) is 4.25. The van der Waals surface area contributed by atoms with Gasteiger partial charge in [0.25, 0.3) is 0 Å². The lowest BCUT2D eigenvalue weighted by Gasteiger charge is -2.09. The highest BCUT2D eigenvalue weighted by Crippen LogP contribution is 2.20. The van der Waals surface area contributed by atoms with Gasteiger partial charge in [-0.25, -0.2) is 4.39 Å². The van der Waals surface area contributed by atoms with Crippen LogP contribution in [-0.2, 0) is 9.59 Å². The number of halogens is 2. The molecule has 2 amide bonds. The van der Waals surface area contributed by atoms with E-state index in [1.54, 1.807) is 14.1 Å². The first-order valence-corrected chi connectivity index (χ1v) is 5.89. The van der Waals surface area contributed by atoms with Crippen molar-refractivity contribution in [1.29, 1.82) is 0 Å². The molecule has 0 aliphatic carbocycles. The van der Waals surface area contributed by atoms with Gasteiger partial charge in [-0.15, -0.1) is 0 Å². The number of benzene rings is 1. The molecule has 1 aromatic rings. The van der Waals surface area contributed by atoms with Gasteiger partial charge in [0.15, 0.2) is 0 Å². The van der Waals surface area contributed by atoms with Crippen molar-refractivity contribution in [2.24, 2.45) is 0 Å². The summed E-state index contributed by atoms with van der Waals surface area (Å²) in [5.74, 6) is -1.24. The minimum atomic E-state index is -0.513.